The zero-order valence-electron chi connectivity index (χ0n) is 20.3. The Morgan fingerprint density at radius 1 is 1.03 bits per heavy atom. The fraction of sp³-hybridized carbons (Fsp3) is 0.640. The minimum Gasteiger partial charge on any atom is -0.377 e. The summed E-state index contributed by atoms with van der Waals surface area (Å²) in [6, 6.07) is 4.53. The molecule has 2 bridgehead atoms. The van der Waals surface area contributed by atoms with Gasteiger partial charge in [-0.15, -0.1) is 5.10 Å². The van der Waals surface area contributed by atoms with Crippen molar-refractivity contribution in [3.63, 3.8) is 0 Å². The fourth-order valence-electron chi connectivity index (χ4n) is 5.93. The van der Waals surface area contributed by atoms with Crippen LogP contribution in [0.4, 0.5) is 11.5 Å². The van der Waals surface area contributed by atoms with Crippen molar-refractivity contribution >= 4 is 17.2 Å². The van der Waals surface area contributed by atoms with Gasteiger partial charge >= 0.3 is 0 Å². The lowest BCUT2D eigenvalue weighted by Gasteiger charge is -2.37. The van der Waals surface area contributed by atoms with E-state index in [0.717, 1.165) is 87.1 Å². The normalized spacial score (nSPS) is 29.3. The Morgan fingerprint density at radius 2 is 1.91 bits per heavy atom. The van der Waals surface area contributed by atoms with E-state index < -0.39 is 0 Å². The molecule has 7 heterocycles. The Labute approximate surface area is 204 Å². The van der Waals surface area contributed by atoms with Crippen molar-refractivity contribution in [3.8, 4) is 11.4 Å². The summed E-state index contributed by atoms with van der Waals surface area (Å²) < 4.78 is 21.7. The molecule has 35 heavy (non-hydrogen) atoms. The average Bonchev–Trinajstić information content (AvgIpc) is 3.62. The zero-order valence-corrected chi connectivity index (χ0v) is 20.3. The van der Waals surface area contributed by atoms with Gasteiger partial charge < -0.3 is 24.0 Å². The minimum atomic E-state index is 0.00814. The van der Waals surface area contributed by atoms with Crippen LogP contribution in [0.3, 0.4) is 0 Å². The molecule has 4 aliphatic heterocycles. The van der Waals surface area contributed by atoms with E-state index in [0.29, 0.717) is 18.8 Å². The van der Waals surface area contributed by atoms with Gasteiger partial charge in [0.15, 0.2) is 11.5 Å². The van der Waals surface area contributed by atoms with Gasteiger partial charge in [0.2, 0.25) is 0 Å². The highest BCUT2D eigenvalue weighted by Gasteiger charge is 2.35. The van der Waals surface area contributed by atoms with E-state index in [1.807, 2.05) is 27.7 Å². The number of nitrogens with zero attached hydrogens (tertiary/aromatic N) is 7. The molecule has 4 unspecified atom stereocenters. The summed E-state index contributed by atoms with van der Waals surface area (Å²) in [6.07, 6.45) is 10.1. The Kier molecular flexibility index (Phi) is 5.40. The summed E-state index contributed by atoms with van der Waals surface area (Å²) in [5.74, 6) is 0.973. The van der Waals surface area contributed by atoms with Crippen molar-refractivity contribution in [3.05, 3.63) is 24.5 Å². The molecule has 0 saturated carbocycles. The Hall–Kier alpha value is -2.69. The van der Waals surface area contributed by atoms with Crippen LogP contribution in [0, 0.1) is 0 Å². The molecule has 0 N–H and O–H groups in total. The van der Waals surface area contributed by atoms with Gasteiger partial charge in [-0.2, -0.15) is 5.10 Å². The van der Waals surface area contributed by atoms with E-state index in [1.54, 1.807) is 0 Å². The number of fused-ring (bicyclic) bond motifs is 3. The second kappa shape index (κ2) is 8.76. The average molecular weight is 480 g/mol. The molecule has 4 atom stereocenters. The first-order chi connectivity index (χ1) is 17.2. The molecule has 4 saturated heterocycles. The van der Waals surface area contributed by atoms with Crippen LogP contribution >= 0.6 is 0 Å². The largest absolute Gasteiger partial charge is 0.377 e. The summed E-state index contributed by atoms with van der Waals surface area (Å²) in [5, 5.41) is 10.0. The van der Waals surface area contributed by atoms with E-state index in [1.165, 1.54) is 6.42 Å². The number of hydrogen-bond donors (Lipinski definition) is 0. The number of aromatic nitrogens is 5. The number of morpholine rings is 2. The SMILES string of the molecule is CC1COCCN1c1cc(N2CC3CCC(C2)O3)nn2c(-c3ccn(C4CCCCO4)n3)cnc12. The second-order valence-electron chi connectivity index (χ2n) is 10.2. The lowest BCUT2D eigenvalue weighted by Crippen LogP contribution is -2.45. The Morgan fingerprint density at radius 3 is 2.71 bits per heavy atom. The maximum atomic E-state index is 6.10. The molecule has 3 aromatic heterocycles. The molecule has 0 amide bonds. The van der Waals surface area contributed by atoms with Gasteiger partial charge in [-0.05, 0) is 45.1 Å². The fourth-order valence-corrected chi connectivity index (χ4v) is 5.93. The molecule has 4 aliphatic rings. The van der Waals surface area contributed by atoms with Crippen LogP contribution in [0.1, 0.15) is 45.3 Å². The first-order valence-corrected chi connectivity index (χ1v) is 13.0. The monoisotopic (exact) mass is 479 g/mol. The maximum Gasteiger partial charge on any atom is 0.178 e. The molecule has 7 rings (SSSR count). The lowest BCUT2D eigenvalue weighted by atomic mass is 10.2. The summed E-state index contributed by atoms with van der Waals surface area (Å²) in [5.41, 5.74) is 3.72. The van der Waals surface area contributed by atoms with Crippen LogP contribution in [0.15, 0.2) is 24.5 Å². The predicted molar refractivity (Wildman–Crippen MR) is 131 cm³/mol. The van der Waals surface area contributed by atoms with Crippen molar-refractivity contribution < 1.29 is 14.2 Å². The third-order valence-electron chi connectivity index (χ3n) is 7.80. The topological polar surface area (TPSA) is 82.2 Å². The van der Waals surface area contributed by atoms with Gasteiger partial charge in [0.25, 0.3) is 0 Å². The standard InChI is InChI=1S/C25H33N7O3/c1-17-16-33-11-9-30(17)21-12-23(29-14-18-5-6-19(15-29)35-18)28-32-22(13-26-25(21)32)20-7-8-31(27-20)24-4-2-3-10-34-24/h7-8,12-13,17-19,24H,2-6,9-11,14-16H2,1H3. The first-order valence-electron chi connectivity index (χ1n) is 13.0. The molecule has 0 aromatic carbocycles. The number of imidazole rings is 1. The van der Waals surface area contributed by atoms with E-state index in [9.17, 15) is 0 Å². The summed E-state index contributed by atoms with van der Waals surface area (Å²) >= 11 is 0. The van der Waals surface area contributed by atoms with Crippen LogP contribution < -0.4 is 9.80 Å². The highest BCUT2D eigenvalue weighted by Crippen LogP contribution is 2.34. The van der Waals surface area contributed by atoms with E-state index >= 15 is 0 Å². The smallest absolute Gasteiger partial charge is 0.178 e. The molecule has 186 valence electrons. The molecular weight excluding hydrogens is 446 g/mol. The third kappa shape index (κ3) is 3.88. The van der Waals surface area contributed by atoms with Gasteiger partial charge in [0, 0.05) is 44.5 Å². The van der Waals surface area contributed by atoms with Gasteiger partial charge in [-0.3, -0.25) is 0 Å². The summed E-state index contributed by atoms with van der Waals surface area (Å²) in [7, 11) is 0. The Balaban J connectivity index is 1.31. The van der Waals surface area contributed by atoms with Gasteiger partial charge in [0.05, 0.1) is 37.3 Å². The maximum absolute atomic E-state index is 6.10. The molecule has 3 aromatic rings. The minimum absolute atomic E-state index is 0.00814. The van der Waals surface area contributed by atoms with Crippen LogP contribution in [-0.4, -0.2) is 82.1 Å². The van der Waals surface area contributed by atoms with Crippen LogP contribution in [0.25, 0.3) is 17.0 Å². The zero-order chi connectivity index (χ0) is 23.4. The predicted octanol–water partition coefficient (Wildman–Crippen LogP) is 2.88. The summed E-state index contributed by atoms with van der Waals surface area (Å²) in [6.45, 7) is 7.03. The van der Waals surface area contributed by atoms with Crippen molar-refractivity contribution in [1.82, 2.24) is 24.4 Å². The van der Waals surface area contributed by atoms with Crippen molar-refractivity contribution in [1.29, 1.82) is 0 Å². The van der Waals surface area contributed by atoms with Crippen LogP contribution in [0.5, 0.6) is 0 Å². The summed E-state index contributed by atoms with van der Waals surface area (Å²) in [4.78, 5) is 9.64. The molecular formula is C25H33N7O3. The highest BCUT2D eigenvalue weighted by atomic mass is 16.5. The van der Waals surface area contributed by atoms with E-state index in [2.05, 4.69) is 22.8 Å². The second-order valence-corrected chi connectivity index (χ2v) is 10.2. The molecule has 10 heteroatoms. The van der Waals surface area contributed by atoms with Gasteiger partial charge in [-0.25, -0.2) is 14.2 Å². The van der Waals surface area contributed by atoms with Gasteiger partial charge in [0.1, 0.15) is 17.6 Å². The quantitative estimate of drug-likeness (QED) is 0.565. The molecule has 0 spiro atoms. The van der Waals surface area contributed by atoms with Crippen LogP contribution in [0.2, 0.25) is 0 Å². The number of rotatable bonds is 4. The number of anilines is 2. The number of hydrogen-bond acceptors (Lipinski definition) is 8. The van der Waals surface area contributed by atoms with Gasteiger partial charge in [-0.1, -0.05) is 0 Å². The van der Waals surface area contributed by atoms with E-state index in [-0.39, 0.29) is 12.3 Å². The molecule has 0 aliphatic carbocycles. The molecule has 0 radical (unpaired) electrons. The first kappa shape index (κ1) is 21.6. The number of ether oxygens (including phenoxy) is 3. The van der Waals surface area contributed by atoms with Crippen molar-refractivity contribution in [2.75, 3.05) is 49.3 Å². The Bertz CT molecular complexity index is 1190. The van der Waals surface area contributed by atoms with Crippen LogP contribution in [-0.2, 0) is 14.2 Å². The highest BCUT2D eigenvalue weighted by molar-refractivity contribution is 5.76. The molecule has 4 fully saturated rings. The van der Waals surface area contributed by atoms with Crippen molar-refractivity contribution in [2.24, 2.45) is 0 Å². The molecule has 10 nitrogen and oxygen atoms in total. The van der Waals surface area contributed by atoms with E-state index in [4.69, 9.17) is 29.4 Å². The van der Waals surface area contributed by atoms with Crippen molar-refractivity contribution in [2.45, 2.75) is 63.5 Å². The third-order valence-corrected chi connectivity index (χ3v) is 7.80. The lowest BCUT2D eigenvalue weighted by molar-refractivity contribution is -0.0393.